The molecule has 1 aromatic carbocycles. The lowest BCUT2D eigenvalue weighted by molar-refractivity contribution is 0.0758. The Balaban J connectivity index is 1.56. The van der Waals surface area contributed by atoms with Gasteiger partial charge in [-0.15, -0.1) is 0 Å². The van der Waals surface area contributed by atoms with Crippen molar-refractivity contribution in [3.63, 3.8) is 0 Å². The van der Waals surface area contributed by atoms with Crippen molar-refractivity contribution < 1.29 is 13.2 Å². The number of benzene rings is 1. The van der Waals surface area contributed by atoms with Gasteiger partial charge in [0.15, 0.2) is 0 Å². The van der Waals surface area contributed by atoms with E-state index in [-0.39, 0.29) is 11.9 Å². The average Bonchev–Trinajstić information content (AvgIpc) is 2.86. The van der Waals surface area contributed by atoms with Gasteiger partial charge in [0.25, 0.3) is 5.19 Å². The molecule has 0 unspecified atom stereocenters. The Kier molecular flexibility index (Phi) is 3.73. The van der Waals surface area contributed by atoms with Crippen LogP contribution in [0.1, 0.15) is 5.56 Å². The predicted molar refractivity (Wildman–Crippen MR) is 77.2 cm³/mol. The van der Waals surface area contributed by atoms with Gasteiger partial charge in [0.2, 0.25) is 10.0 Å². The minimum Gasteiger partial charge on any atom is -0.464 e. The molecular formula is C13H14N2O3S2. The Labute approximate surface area is 121 Å². The third-order valence-electron chi connectivity index (χ3n) is 3.08. The van der Waals surface area contributed by atoms with Gasteiger partial charge in [-0.3, -0.25) is 0 Å². The lowest BCUT2D eigenvalue weighted by Crippen LogP contribution is -2.56. The highest BCUT2D eigenvalue weighted by Gasteiger charge is 2.37. The first-order valence-electron chi connectivity index (χ1n) is 6.21. The van der Waals surface area contributed by atoms with E-state index in [1.54, 1.807) is 6.20 Å². The Morgan fingerprint density at radius 2 is 2.05 bits per heavy atom. The van der Waals surface area contributed by atoms with Crippen LogP contribution in [0.2, 0.25) is 0 Å². The van der Waals surface area contributed by atoms with Crippen molar-refractivity contribution in [2.45, 2.75) is 11.9 Å². The van der Waals surface area contributed by atoms with Crippen LogP contribution in [0.4, 0.5) is 0 Å². The normalized spacial score (nSPS) is 16.8. The summed E-state index contributed by atoms with van der Waals surface area (Å²) in [6.07, 6.45) is 1.58. The number of thiazole rings is 1. The zero-order chi connectivity index (χ0) is 14.0. The number of nitrogens with zero attached hydrogens (tertiary/aromatic N) is 2. The SMILES string of the molecule is O=S(=O)(Cc1ccccc1)N1CC(Oc2nccs2)C1. The zero-order valence-electron chi connectivity index (χ0n) is 10.7. The summed E-state index contributed by atoms with van der Waals surface area (Å²) in [7, 11) is -3.25. The highest BCUT2D eigenvalue weighted by atomic mass is 32.2. The lowest BCUT2D eigenvalue weighted by Gasteiger charge is -2.37. The topological polar surface area (TPSA) is 59.5 Å². The fourth-order valence-corrected chi connectivity index (χ4v) is 4.12. The summed E-state index contributed by atoms with van der Waals surface area (Å²) in [5.41, 5.74) is 0.803. The lowest BCUT2D eigenvalue weighted by atomic mass is 10.2. The molecule has 0 atom stereocenters. The molecule has 0 N–H and O–H groups in total. The van der Waals surface area contributed by atoms with Crippen molar-refractivity contribution in [3.05, 3.63) is 47.5 Å². The average molecular weight is 310 g/mol. The van der Waals surface area contributed by atoms with E-state index in [1.165, 1.54) is 15.6 Å². The number of aromatic nitrogens is 1. The number of ether oxygens (including phenoxy) is 1. The van der Waals surface area contributed by atoms with Crippen LogP contribution in [-0.2, 0) is 15.8 Å². The molecule has 0 aliphatic carbocycles. The van der Waals surface area contributed by atoms with Crippen molar-refractivity contribution in [2.75, 3.05) is 13.1 Å². The monoisotopic (exact) mass is 310 g/mol. The van der Waals surface area contributed by atoms with Gasteiger partial charge >= 0.3 is 0 Å². The summed E-state index contributed by atoms with van der Waals surface area (Å²) in [6.45, 7) is 0.795. The van der Waals surface area contributed by atoms with Crippen LogP contribution in [0.15, 0.2) is 41.9 Å². The van der Waals surface area contributed by atoms with Crippen molar-refractivity contribution in [2.24, 2.45) is 0 Å². The highest BCUT2D eigenvalue weighted by Crippen LogP contribution is 2.23. The van der Waals surface area contributed by atoms with E-state index < -0.39 is 10.0 Å². The minimum atomic E-state index is -3.25. The van der Waals surface area contributed by atoms with Crippen molar-refractivity contribution in [3.8, 4) is 5.19 Å². The van der Waals surface area contributed by atoms with Gasteiger partial charge in [0.05, 0.1) is 18.8 Å². The largest absolute Gasteiger partial charge is 0.464 e. The number of hydrogen-bond acceptors (Lipinski definition) is 5. The summed E-state index contributed by atoms with van der Waals surface area (Å²) in [5.74, 6) is 0.0395. The molecule has 20 heavy (non-hydrogen) atoms. The number of rotatable bonds is 5. The molecule has 1 aliphatic heterocycles. The molecule has 7 heteroatoms. The van der Waals surface area contributed by atoms with Gasteiger partial charge in [-0.1, -0.05) is 41.7 Å². The summed E-state index contributed by atoms with van der Waals surface area (Å²) in [6, 6.07) is 9.20. The molecule has 0 bridgehead atoms. The molecule has 0 spiro atoms. The third-order valence-corrected chi connectivity index (χ3v) is 5.52. The van der Waals surface area contributed by atoms with Gasteiger partial charge in [0.1, 0.15) is 6.10 Å². The number of sulfonamides is 1. The van der Waals surface area contributed by atoms with Gasteiger partial charge in [-0.25, -0.2) is 13.4 Å². The quantitative estimate of drug-likeness (QED) is 0.844. The van der Waals surface area contributed by atoms with Crippen LogP contribution in [0.25, 0.3) is 0 Å². The number of hydrogen-bond donors (Lipinski definition) is 0. The van der Waals surface area contributed by atoms with Crippen LogP contribution in [-0.4, -0.2) is 36.9 Å². The summed E-state index contributed by atoms with van der Waals surface area (Å²) in [4.78, 5) is 4.02. The molecule has 0 radical (unpaired) electrons. The Morgan fingerprint density at radius 3 is 2.70 bits per heavy atom. The second kappa shape index (κ2) is 5.51. The molecule has 1 saturated heterocycles. The molecule has 1 aromatic heterocycles. The smallest absolute Gasteiger partial charge is 0.273 e. The fraction of sp³-hybridized carbons (Fsp3) is 0.308. The molecule has 106 valence electrons. The summed E-state index contributed by atoms with van der Waals surface area (Å²) >= 11 is 1.41. The van der Waals surface area contributed by atoms with Crippen LogP contribution < -0.4 is 4.74 Å². The van der Waals surface area contributed by atoms with Gasteiger partial charge in [0, 0.05) is 11.6 Å². The second-order valence-corrected chi connectivity index (χ2v) is 7.42. The Hall–Kier alpha value is -1.44. The molecule has 2 aromatic rings. The molecule has 0 saturated carbocycles. The van der Waals surface area contributed by atoms with Crippen LogP contribution in [0, 0.1) is 0 Å². The molecule has 5 nitrogen and oxygen atoms in total. The van der Waals surface area contributed by atoms with E-state index in [4.69, 9.17) is 4.74 Å². The maximum Gasteiger partial charge on any atom is 0.273 e. The van der Waals surface area contributed by atoms with Crippen molar-refractivity contribution >= 4 is 21.4 Å². The highest BCUT2D eigenvalue weighted by molar-refractivity contribution is 7.88. The van der Waals surface area contributed by atoms with Gasteiger partial charge in [-0.05, 0) is 5.56 Å². The first kappa shape index (κ1) is 13.5. The molecular weight excluding hydrogens is 296 g/mol. The van der Waals surface area contributed by atoms with Crippen LogP contribution in [0.5, 0.6) is 5.19 Å². The molecule has 0 amide bonds. The first-order chi connectivity index (χ1) is 9.63. The van der Waals surface area contributed by atoms with E-state index in [2.05, 4.69) is 4.98 Å². The van der Waals surface area contributed by atoms with Crippen molar-refractivity contribution in [1.29, 1.82) is 0 Å². The molecule has 1 fully saturated rings. The van der Waals surface area contributed by atoms with Crippen LogP contribution >= 0.6 is 11.3 Å². The van der Waals surface area contributed by atoms with E-state index in [1.807, 2.05) is 35.7 Å². The maximum absolute atomic E-state index is 12.2. The van der Waals surface area contributed by atoms with E-state index >= 15 is 0 Å². The molecule has 1 aliphatic rings. The third kappa shape index (κ3) is 3.00. The minimum absolute atomic E-state index is 0.0395. The van der Waals surface area contributed by atoms with Gasteiger partial charge in [-0.2, -0.15) is 4.31 Å². The first-order valence-corrected chi connectivity index (χ1v) is 8.70. The molecule has 2 heterocycles. The van der Waals surface area contributed by atoms with E-state index in [9.17, 15) is 8.42 Å². The summed E-state index contributed by atoms with van der Waals surface area (Å²) < 4.78 is 31.4. The van der Waals surface area contributed by atoms with Crippen molar-refractivity contribution in [1.82, 2.24) is 9.29 Å². The van der Waals surface area contributed by atoms with E-state index in [0.29, 0.717) is 18.3 Å². The molecule has 3 rings (SSSR count). The van der Waals surface area contributed by atoms with E-state index in [0.717, 1.165) is 5.56 Å². The zero-order valence-corrected chi connectivity index (χ0v) is 12.3. The fourth-order valence-electron chi connectivity index (χ4n) is 1.99. The van der Waals surface area contributed by atoms with Crippen LogP contribution in [0.3, 0.4) is 0 Å². The second-order valence-electron chi connectivity index (χ2n) is 4.60. The Morgan fingerprint density at radius 1 is 1.30 bits per heavy atom. The standard InChI is InChI=1S/C13H14N2O3S2/c16-20(17,10-11-4-2-1-3-5-11)15-8-12(9-15)18-13-14-6-7-19-13/h1-7,12H,8-10H2. The van der Waals surface area contributed by atoms with Gasteiger partial charge < -0.3 is 4.74 Å². The maximum atomic E-state index is 12.2. The predicted octanol–water partition coefficient (Wildman–Crippen LogP) is 1.74. The Bertz CT molecular complexity index is 650. The summed E-state index contributed by atoms with van der Waals surface area (Å²) in [5, 5.41) is 2.42.